The molecule has 1 N–H and O–H groups in total. The Morgan fingerprint density at radius 2 is 1.69 bits per heavy atom. The van der Waals surface area contributed by atoms with Crippen molar-refractivity contribution in [1.82, 2.24) is 4.89 Å². The van der Waals surface area contributed by atoms with Gasteiger partial charge in [-0.2, -0.15) is 0 Å². The van der Waals surface area contributed by atoms with Crippen molar-refractivity contribution >= 4 is 10.0 Å². The number of hydrogen-bond donors (Lipinski definition) is 1. The van der Waals surface area contributed by atoms with Crippen molar-refractivity contribution in [2.45, 2.75) is 18.7 Å². The van der Waals surface area contributed by atoms with Crippen molar-refractivity contribution in [3.05, 3.63) is 23.3 Å². The Bertz CT molecular complexity index is 482. The van der Waals surface area contributed by atoms with Crippen LogP contribution in [0.25, 0.3) is 0 Å². The standard InChI is InChI=1S/C10H15NO4S/c1-7-5-9(14-3)10(6-8(7)2)16(12,13)11-15-4/h5-6,11H,1-4H3. The molecule has 0 aliphatic rings. The second-order valence-corrected chi connectivity index (χ2v) is 4.99. The highest BCUT2D eigenvalue weighted by molar-refractivity contribution is 7.89. The number of nitrogens with one attached hydrogen (secondary N) is 1. The van der Waals surface area contributed by atoms with E-state index in [4.69, 9.17) is 4.74 Å². The summed E-state index contributed by atoms with van der Waals surface area (Å²) in [6, 6.07) is 3.23. The molecule has 0 spiro atoms. The molecule has 16 heavy (non-hydrogen) atoms. The average molecular weight is 245 g/mol. The van der Waals surface area contributed by atoms with Gasteiger partial charge in [0.25, 0.3) is 10.0 Å². The highest BCUT2D eigenvalue weighted by Crippen LogP contribution is 2.26. The lowest BCUT2D eigenvalue weighted by Crippen LogP contribution is -2.23. The van der Waals surface area contributed by atoms with Crippen LogP contribution in [0.15, 0.2) is 17.0 Å². The zero-order valence-electron chi connectivity index (χ0n) is 9.70. The third-order valence-corrected chi connectivity index (χ3v) is 3.55. The smallest absolute Gasteiger partial charge is 0.266 e. The van der Waals surface area contributed by atoms with E-state index in [9.17, 15) is 8.42 Å². The van der Waals surface area contributed by atoms with Gasteiger partial charge in [-0.15, -0.1) is 0 Å². The van der Waals surface area contributed by atoms with Crippen molar-refractivity contribution in [2.75, 3.05) is 14.2 Å². The number of ether oxygens (including phenoxy) is 1. The maximum absolute atomic E-state index is 11.8. The molecule has 90 valence electrons. The number of methoxy groups -OCH3 is 1. The van der Waals surface area contributed by atoms with Gasteiger partial charge in [-0.05, 0) is 37.1 Å². The Balaban J connectivity index is 3.38. The van der Waals surface area contributed by atoms with Crippen LogP contribution in [-0.2, 0) is 14.9 Å². The first kappa shape index (κ1) is 13.0. The molecule has 1 aromatic carbocycles. The van der Waals surface area contributed by atoms with Crippen LogP contribution in [0.1, 0.15) is 11.1 Å². The predicted molar refractivity (Wildman–Crippen MR) is 59.8 cm³/mol. The topological polar surface area (TPSA) is 64.6 Å². The normalized spacial score (nSPS) is 11.5. The van der Waals surface area contributed by atoms with E-state index < -0.39 is 10.0 Å². The van der Waals surface area contributed by atoms with Crippen LogP contribution in [0, 0.1) is 13.8 Å². The second kappa shape index (κ2) is 4.82. The molecule has 5 nitrogen and oxygen atoms in total. The van der Waals surface area contributed by atoms with E-state index in [0.29, 0.717) is 5.75 Å². The molecule has 0 bridgehead atoms. The summed E-state index contributed by atoms with van der Waals surface area (Å²) in [5.41, 5.74) is 1.84. The average Bonchev–Trinajstić information content (AvgIpc) is 2.21. The van der Waals surface area contributed by atoms with Crippen molar-refractivity contribution in [3.63, 3.8) is 0 Å². The van der Waals surface area contributed by atoms with Crippen molar-refractivity contribution in [2.24, 2.45) is 0 Å². The SMILES string of the molecule is CONS(=O)(=O)c1cc(C)c(C)cc1OC. The maximum atomic E-state index is 11.8. The Hall–Kier alpha value is -1.11. The van der Waals surface area contributed by atoms with Gasteiger partial charge in [0.15, 0.2) is 0 Å². The van der Waals surface area contributed by atoms with Crippen LogP contribution in [0.5, 0.6) is 5.75 Å². The molecule has 6 heteroatoms. The maximum Gasteiger partial charge on any atom is 0.266 e. The fourth-order valence-corrected chi connectivity index (χ4v) is 2.34. The lowest BCUT2D eigenvalue weighted by atomic mass is 10.1. The number of hydrogen-bond acceptors (Lipinski definition) is 4. The summed E-state index contributed by atoms with van der Waals surface area (Å²) in [5, 5.41) is 0. The van der Waals surface area contributed by atoms with Crippen LogP contribution < -0.4 is 9.62 Å². The highest BCUT2D eigenvalue weighted by Gasteiger charge is 2.20. The Labute approximate surface area is 95.4 Å². The van der Waals surface area contributed by atoms with Crippen molar-refractivity contribution < 1.29 is 18.0 Å². The van der Waals surface area contributed by atoms with E-state index in [2.05, 4.69) is 4.84 Å². The summed E-state index contributed by atoms with van der Waals surface area (Å²) in [7, 11) is -1.02. The molecule has 0 aliphatic carbocycles. The minimum atomic E-state index is -3.69. The largest absolute Gasteiger partial charge is 0.495 e. The summed E-state index contributed by atoms with van der Waals surface area (Å²) >= 11 is 0. The van der Waals surface area contributed by atoms with Gasteiger partial charge >= 0.3 is 0 Å². The first-order valence-corrected chi connectivity index (χ1v) is 6.10. The predicted octanol–water partition coefficient (Wildman–Crippen LogP) is 1.15. The Morgan fingerprint density at radius 3 is 2.19 bits per heavy atom. The molecule has 0 unspecified atom stereocenters. The van der Waals surface area contributed by atoms with Crippen LogP contribution in [0.4, 0.5) is 0 Å². The van der Waals surface area contributed by atoms with E-state index in [1.807, 2.05) is 18.7 Å². The molecule has 0 aliphatic heterocycles. The van der Waals surface area contributed by atoms with Gasteiger partial charge in [0.2, 0.25) is 0 Å². The number of rotatable bonds is 4. The fraction of sp³-hybridized carbons (Fsp3) is 0.400. The Kier molecular flexibility index (Phi) is 3.90. The molecule has 0 saturated heterocycles. The van der Waals surface area contributed by atoms with Gasteiger partial charge in [0.1, 0.15) is 10.6 Å². The van der Waals surface area contributed by atoms with Gasteiger partial charge in [-0.1, -0.05) is 4.89 Å². The first-order valence-electron chi connectivity index (χ1n) is 4.62. The molecule has 1 aromatic rings. The van der Waals surface area contributed by atoms with Crippen molar-refractivity contribution in [3.8, 4) is 5.75 Å². The summed E-state index contributed by atoms with van der Waals surface area (Å²) in [6.45, 7) is 3.72. The number of sulfonamides is 1. The minimum absolute atomic E-state index is 0.0694. The lowest BCUT2D eigenvalue weighted by molar-refractivity contribution is 0.153. The minimum Gasteiger partial charge on any atom is -0.495 e. The molecular weight excluding hydrogens is 230 g/mol. The molecule has 0 radical (unpaired) electrons. The van der Waals surface area contributed by atoms with Gasteiger partial charge in [0, 0.05) is 0 Å². The molecule has 0 saturated carbocycles. The molecule has 0 atom stereocenters. The molecule has 0 fully saturated rings. The summed E-state index contributed by atoms with van der Waals surface area (Å²) in [5.74, 6) is 0.299. The third-order valence-electron chi connectivity index (χ3n) is 2.26. The van der Waals surface area contributed by atoms with E-state index in [1.165, 1.54) is 14.2 Å². The van der Waals surface area contributed by atoms with Crippen LogP contribution in [0.3, 0.4) is 0 Å². The summed E-state index contributed by atoms with van der Waals surface area (Å²) in [6.07, 6.45) is 0. The third kappa shape index (κ3) is 2.52. The molecular formula is C10H15NO4S. The van der Waals surface area contributed by atoms with Gasteiger partial charge < -0.3 is 4.74 Å². The van der Waals surface area contributed by atoms with Gasteiger partial charge in [-0.25, -0.2) is 8.42 Å². The quantitative estimate of drug-likeness (QED) is 0.808. The lowest BCUT2D eigenvalue weighted by Gasteiger charge is -2.12. The van der Waals surface area contributed by atoms with E-state index >= 15 is 0 Å². The van der Waals surface area contributed by atoms with E-state index in [1.54, 1.807) is 12.1 Å². The number of aryl methyl sites for hydroxylation is 2. The monoisotopic (exact) mass is 245 g/mol. The number of benzene rings is 1. The van der Waals surface area contributed by atoms with Gasteiger partial charge in [-0.3, -0.25) is 4.84 Å². The Morgan fingerprint density at radius 1 is 1.12 bits per heavy atom. The molecule has 1 rings (SSSR count). The second-order valence-electron chi connectivity index (χ2n) is 3.38. The van der Waals surface area contributed by atoms with E-state index in [-0.39, 0.29) is 4.90 Å². The first-order chi connectivity index (χ1) is 7.42. The van der Waals surface area contributed by atoms with Crippen LogP contribution >= 0.6 is 0 Å². The summed E-state index contributed by atoms with van der Waals surface area (Å²) in [4.78, 5) is 6.46. The zero-order chi connectivity index (χ0) is 12.3. The zero-order valence-corrected chi connectivity index (χ0v) is 10.5. The van der Waals surface area contributed by atoms with Crippen LogP contribution in [0.2, 0.25) is 0 Å². The van der Waals surface area contributed by atoms with Gasteiger partial charge in [0.05, 0.1) is 14.2 Å². The molecule has 0 heterocycles. The van der Waals surface area contributed by atoms with E-state index in [0.717, 1.165) is 11.1 Å². The van der Waals surface area contributed by atoms with Crippen LogP contribution in [-0.4, -0.2) is 22.6 Å². The fourth-order valence-electron chi connectivity index (χ4n) is 1.29. The summed E-state index contributed by atoms with van der Waals surface area (Å²) < 4.78 is 28.6. The van der Waals surface area contributed by atoms with Crippen molar-refractivity contribution in [1.29, 1.82) is 0 Å². The molecule has 0 amide bonds. The highest BCUT2D eigenvalue weighted by atomic mass is 32.2. The molecule has 0 aromatic heterocycles.